The van der Waals surface area contributed by atoms with E-state index < -0.39 is 0 Å². The van der Waals surface area contributed by atoms with Gasteiger partial charge in [0.2, 0.25) is 0 Å². The minimum atomic E-state index is 0.837. The lowest BCUT2D eigenvalue weighted by Crippen LogP contribution is -2.39. The highest BCUT2D eigenvalue weighted by molar-refractivity contribution is 4.82. The van der Waals surface area contributed by atoms with Gasteiger partial charge in [0.1, 0.15) is 0 Å². The molecule has 0 aliphatic heterocycles. The number of hydrogen-bond donors (Lipinski definition) is 1. The van der Waals surface area contributed by atoms with Crippen LogP contribution in [0.25, 0.3) is 0 Å². The third kappa shape index (κ3) is 6.78. The number of nitrogens with one attached hydrogen (secondary N) is 1. The second kappa shape index (κ2) is 10.8. The van der Waals surface area contributed by atoms with E-state index in [4.69, 9.17) is 0 Å². The molecular formula is C17H35N. The van der Waals surface area contributed by atoms with E-state index in [9.17, 15) is 0 Å². The first-order chi connectivity index (χ1) is 8.88. The van der Waals surface area contributed by atoms with Crippen molar-refractivity contribution in [2.24, 2.45) is 5.92 Å². The molecule has 0 aromatic carbocycles. The van der Waals surface area contributed by atoms with Gasteiger partial charge < -0.3 is 5.32 Å². The molecule has 0 aromatic heterocycles. The van der Waals surface area contributed by atoms with Crippen LogP contribution in [0.1, 0.15) is 90.9 Å². The smallest absolute Gasteiger partial charge is 0.00952 e. The van der Waals surface area contributed by atoms with Gasteiger partial charge in [-0.15, -0.1) is 0 Å². The highest BCUT2D eigenvalue weighted by Crippen LogP contribution is 2.31. The summed E-state index contributed by atoms with van der Waals surface area (Å²) in [6, 6.07) is 0.837. The van der Waals surface area contributed by atoms with Gasteiger partial charge in [0, 0.05) is 6.04 Å². The van der Waals surface area contributed by atoms with Gasteiger partial charge in [-0.25, -0.2) is 0 Å². The average molecular weight is 253 g/mol. The van der Waals surface area contributed by atoms with Gasteiger partial charge in [-0.2, -0.15) is 0 Å². The Balaban J connectivity index is 1.91. The Morgan fingerprint density at radius 3 is 2.00 bits per heavy atom. The summed E-state index contributed by atoms with van der Waals surface area (Å²) in [6.45, 7) is 5.69. The molecule has 0 saturated heterocycles. The lowest BCUT2D eigenvalue weighted by molar-refractivity contribution is 0.218. The summed E-state index contributed by atoms with van der Waals surface area (Å²) < 4.78 is 0. The van der Waals surface area contributed by atoms with Gasteiger partial charge in [-0.1, -0.05) is 71.6 Å². The zero-order valence-electron chi connectivity index (χ0n) is 12.8. The fourth-order valence-electron chi connectivity index (χ4n) is 3.11. The van der Waals surface area contributed by atoms with Gasteiger partial charge >= 0.3 is 0 Å². The Hall–Kier alpha value is -0.0400. The first kappa shape index (κ1) is 16.0. The molecule has 1 fully saturated rings. The molecule has 1 rings (SSSR count). The van der Waals surface area contributed by atoms with Gasteiger partial charge in [-0.3, -0.25) is 0 Å². The Morgan fingerprint density at radius 2 is 1.50 bits per heavy atom. The summed E-state index contributed by atoms with van der Waals surface area (Å²) in [5.74, 6) is 1.01. The van der Waals surface area contributed by atoms with Gasteiger partial charge in [0.25, 0.3) is 0 Å². The summed E-state index contributed by atoms with van der Waals surface area (Å²) in [6.07, 6.45) is 17.4. The summed E-state index contributed by atoms with van der Waals surface area (Å²) in [5, 5.41) is 3.70. The molecule has 1 unspecified atom stereocenters. The summed E-state index contributed by atoms with van der Waals surface area (Å²) in [7, 11) is 0. The Bertz CT molecular complexity index is 174. The van der Waals surface area contributed by atoms with Crippen molar-refractivity contribution in [3.8, 4) is 0 Å². The first-order valence-electron chi connectivity index (χ1n) is 8.61. The van der Waals surface area contributed by atoms with Crippen LogP contribution in [-0.2, 0) is 0 Å². The van der Waals surface area contributed by atoms with Crippen LogP contribution in [0.3, 0.4) is 0 Å². The lowest BCUT2D eigenvalue weighted by Gasteiger charge is -2.34. The molecule has 1 saturated carbocycles. The molecule has 1 N–H and O–H groups in total. The molecule has 18 heavy (non-hydrogen) atoms. The van der Waals surface area contributed by atoms with E-state index in [0.717, 1.165) is 18.5 Å². The summed E-state index contributed by atoms with van der Waals surface area (Å²) in [5.41, 5.74) is 0. The highest BCUT2D eigenvalue weighted by Gasteiger charge is 2.25. The second-order valence-corrected chi connectivity index (χ2v) is 6.12. The topological polar surface area (TPSA) is 12.0 Å². The molecule has 0 heterocycles. The van der Waals surface area contributed by atoms with Crippen LogP contribution in [-0.4, -0.2) is 12.6 Å². The monoisotopic (exact) mass is 253 g/mol. The largest absolute Gasteiger partial charge is 0.314 e. The van der Waals surface area contributed by atoms with Gasteiger partial charge in [0.15, 0.2) is 0 Å². The quantitative estimate of drug-likeness (QED) is 0.466. The number of hydrogen-bond acceptors (Lipinski definition) is 1. The molecule has 1 aliphatic carbocycles. The zero-order valence-corrected chi connectivity index (χ0v) is 12.8. The van der Waals surface area contributed by atoms with E-state index in [1.807, 2.05) is 0 Å². The fraction of sp³-hybridized carbons (Fsp3) is 1.00. The number of unbranched alkanes of at least 4 members (excludes halogenated alkanes) is 7. The molecule has 1 heteroatoms. The van der Waals surface area contributed by atoms with Crippen LogP contribution >= 0.6 is 0 Å². The molecule has 0 bridgehead atoms. The maximum Gasteiger partial charge on any atom is 0.00952 e. The predicted molar refractivity (Wildman–Crippen MR) is 82.0 cm³/mol. The maximum absolute atomic E-state index is 3.70. The van der Waals surface area contributed by atoms with Crippen molar-refractivity contribution in [2.75, 3.05) is 6.54 Å². The molecule has 0 spiro atoms. The zero-order chi connectivity index (χ0) is 13.1. The Kier molecular flexibility index (Phi) is 9.65. The molecule has 0 aromatic rings. The SMILES string of the molecule is CCCCCCCCCCC(NCC)C1CCC1. The lowest BCUT2D eigenvalue weighted by atomic mass is 9.78. The summed E-state index contributed by atoms with van der Waals surface area (Å²) in [4.78, 5) is 0. The Morgan fingerprint density at radius 1 is 0.889 bits per heavy atom. The first-order valence-corrected chi connectivity index (χ1v) is 8.61. The standard InChI is InChI=1S/C17H35N/c1-3-5-6-7-8-9-10-11-15-17(18-4-2)16-13-12-14-16/h16-18H,3-15H2,1-2H3. The van der Waals surface area contributed by atoms with Gasteiger partial charge in [-0.05, 0) is 31.7 Å². The van der Waals surface area contributed by atoms with Crippen molar-refractivity contribution in [1.29, 1.82) is 0 Å². The van der Waals surface area contributed by atoms with Crippen LogP contribution in [0.2, 0.25) is 0 Å². The minimum absolute atomic E-state index is 0.837. The maximum atomic E-state index is 3.70. The van der Waals surface area contributed by atoms with E-state index in [1.165, 1.54) is 77.0 Å². The third-order valence-electron chi connectivity index (χ3n) is 4.55. The minimum Gasteiger partial charge on any atom is -0.314 e. The average Bonchev–Trinajstić information content (AvgIpc) is 2.30. The highest BCUT2D eigenvalue weighted by atomic mass is 14.9. The molecule has 1 aliphatic rings. The third-order valence-corrected chi connectivity index (χ3v) is 4.55. The van der Waals surface area contributed by atoms with Crippen molar-refractivity contribution in [2.45, 2.75) is 96.9 Å². The van der Waals surface area contributed by atoms with Crippen molar-refractivity contribution >= 4 is 0 Å². The van der Waals surface area contributed by atoms with Crippen molar-refractivity contribution in [1.82, 2.24) is 5.32 Å². The molecule has 0 radical (unpaired) electrons. The van der Waals surface area contributed by atoms with Crippen molar-refractivity contribution < 1.29 is 0 Å². The van der Waals surface area contributed by atoms with Crippen molar-refractivity contribution in [3.63, 3.8) is 0 Å². The van der Waals surface area contributed by atoms with Crippen LogP contribution in [0.15, 0.2) is 0 Å². The molecular weight excluding hydrogens is 218 g/mol. The number of rotatable bonds is 12. The van der Waals surface area contributed by atoms with E-state index in [2.05, 4.69) is 19.2 Å². The second-order valence-electron chi connectivity index (χ2n) is 6.12. The normalized spacial score (nSPS) is 17.7. The van der Waals surface area contributed by atoms with E-state index in [-0.39, 0.29) is 0 Å². The van der Waals surface area contributed by atoms with Crippen molar-refractivity contribution in [3.05, 3.63) is 0 Å². The molecule has 108 valence electrons. The fourth-order valence-corrected chi connectivity index (χ4v) is 3.11. The molecule has 1 atom stereocenters. The molecule has 1 nitrogen and oxygen atoms in total. The van der Waals surface area contributed by atoms with Gasteiger partial charge in [0.05, 0.1) is 0 Å². The summed E-state index contributed by atoms with van der Waals surface area (Å²) >= 11 is 0. The van der Waals surface area contributed by atoms with E-state index in [0.29, 0.717) is 0 Å². The van der Waals surface area contributed by atoms with E-state index >= 15 is 0 Å². The van der Waals surface area contributed by atoms with Crippen LogP contribution in [0.4, 0.5) is 0 Å². The predicted octanol–water partition coefficient (Wildman–Crippen LogP) is 5.30. The molecule has 0 amide bonds. The Labute approximate surface area is 115 Å². The van der Waals surface area contributed by atoms with Crippen LogP contribution in [0.5, 0.6) is 0 Å². The van der Waals surface area contributed by atoms with Crippen LogP contribution < -0.4 is 5.32 Å². The van der Waals surface area contributed by atoms with E-state index in [1.54, 1.807) is 0 Å². The van der Waals surface area contributed by atoms with Crippen LogP contribution in [0, 0.1) is 5.92 Å².